The lowest BCUT2D eigenvalue weighted by Gasteiger charge is -2.13. The van der Waals surface area contributed by atoms with Crippen LogP contribution in [0.1, 0.15) is 18.1 Å². The lowest BCUT2D eigenvalue weighted by atomic mass is 9.96. The molecular formula is C22H19FN2O5. The molecule has 154 valence electrons. The maximum atomic E-state index is 13.3. The van der Waals surface area contributed by atoms with Crippen molar-refractivity contribution in [2.45, 2.75) is 13.5 Å². The van der Waals surface area contributed by atoms with E-state index in [1.54, 1.807) is 37.3 Å². The van der Waals surface area contributed by atoms with Crippen LogP contribution in [0, 0.1) is 15.9 Å². The Kier molecular flexibility index (Phi) is 6.26. The zero-order valence-corrected chi connectivity index (χ0v) is 16.3. The number of phenols is 1. The van der Waals surface area contributed by atoms with E-state index in [1.807, 2.05) is 0 Å². The van der Waals surface area contributed by atoms with Gasteiger partial charge in [-0.1, -0.05) is 17.3 Å². The molecule has 0 aliphatic heterocycles. The molecule has 0 aliphatic rings. The summed E-state index contributed by atoms with van der Waals surface area (Å²) < 4.78 is 18.5. The predicted octanol–water partition coefficient (Wildman–Crippen LogP) is 5.06. The SMILES string of the molecule is COc1cc(-c2ccc(F)cc2)c(/C(C)=N/OCc2ccc([N+](=O)[O-])cc2)cc1O. The van der Waals surface area contributed by atoms with Crippen molar-refractivity contribution in [1.29, 1.82) is 0 Å². The molecule has 0 heterocycles. The van der Waals surface area contributed by atoms with Crippen LogP contribution < -0.4 is 4.74 Å². The molecule has 0 radical (unpaired) electrons. The van der Waals surface area contributed by atoms with Crippen LogP contribution in [0.25, 0.3) is 11.1 Å². The zero-order valence-electron chi connectivity index (χ0n) is 16.3. The normalized spacial score (nSPS) is 11.2. The van der Waals surface area contributed by atoms with E-state index < -0.39 is 4.92 Å². The monoisotopic (exact) mass is 410 g/mol. The highest BCUT2D eigenvalue weighted by Crippen LogP contribution is 2.35. The molecule has 30 heavy (non-hydrogen) atoms. The largest absolute Gasteiger partial charge is 0.504 e. The minimum atomic E-state index is -0.472. The highest BCUT2D eigenvalue weighted by molar-refractivity contribution is 6.05. The van der Waals surface area contributed by atoms with Gasteiger partial charge in [0.05, 0.1) is 17.7 Å². The number of nitro benzene ring substituents is 1. The summed E-state index contributed by atoms with van der Waals surface area (Å²) in [5, 5.41) is 25.0. The summed E-state index contributed by atoms with van der Waals surface area (Å²) in [6.07, 6.45) is 0. The first-order valence-electron chi connectivity index (χ1n) is 8.96. The number of nitro groups is 1. The first kappa shape index (κ1) is 20.8. The summed E-state index contributed by atoms with van der Waals surface area (Å²) in [5.74, 6) is -0.149. The Balaban J connectivity index is 1.86. The number of methoxy groups -OCH3 is 1. The van der Waals surface area contributed by atoms with E-state index in [9.17, 15) is 19.6 Å². The van der Waals surface area contributed by atoms with E-state index in [0.29, 0.717) is 22.4 Å². The van der Waals surface area contributed by atoms with Gasteiger partial charge >= 0.3 is 0 Å². The van der Waals surface area contributed by atoms with Crippen molar-refractivity contribution in [1.82, 2.24) is 0 Å². The van der Waals surface area contributed by atoms with Crippen LogP contribution in [-0.4, -0.2) is 22.9 Å². The molecule has 1 N–H and O–H groups in total. The average Bonchev–Trinajstić information content (AvgIpc) is 2.74. The molecule has 0 bridgehead atoms. The van der Waals surface area contributed by atoms with Crippen LogP contribution in [0.4, 0.5) is 10.1 Å². The van der Waals surface area contributed by atoms with Crippen molar-refractivity contribution in [2.75, 3.05) is 7.11 Å². The van der Waals surface area contributed by atoms with Crippen molar-refractivity contribution in [3.63, 3.8) is 0 Å². The van der Waals surface area contributed by atoms with E-state index in [-0.39, 0.29) is 29.6 Å². The van der Waals surface area contributed by atoms with Crippen LogP contribution in [0.5, 0.6) is 11.5 Å². The number of oxime groups is 1. The van der Waals surface area contributed by atoms with Crippen molar-refractivity contribution in [2.24, 2.45) is 5.16 Å². The van der Waals surface area contributed by atoms with Gasteiger partial charge in [-0.3, -0.25) is 10.1 Å². The number of phenolic OH excluding ortho intramolecular Hbond substituents is 1. The van der Waals surface area contributed by atoms with Gasteiger partial charge < -0.3 is 14.7 Å². The van der Waals surface area contributed by atoms with Gasteiger partial charge in [0.2, 0.25) is 0 Å². The summed E-state index contributed by atoms with van der Waals surface area (Å²) in [6.45, 7) is 1.83. The number of non-ortho nitro benzene ring substituents is 1. The number of benzene rings is 3. The highest BCUT2D eigenvalue weighted by atomic mass is 19.1. The number of hydrogen-bond acceptors (Lipinski definition) is 6. The number of rotatable bonds is 7. The van der Waals surface area contributed by atoms with Crippen molar-refractivity contribution >= 4 is 11.4 Å². The van der Waals surface area contributed by atoms with Crippen molar-refractivity contribution < 1.29 is 24.0 Å². The first-order chi connectivity index (χ1) is 14.4. The van der Waals surface area contributed by atoms with Gasteiger partial charge in [-0.25, -0.2) is 4.39 Å². The molecule has 0 amide bonds. The number of ether oxygens (including phenoxy) is 1. The van der Waals surface area contributed by atoms with Crippen molar-refractivity contribution in [3.8, 4) is 22.6 Å². The Morgan fingerprint density at radius 1 is 1.13 bits per heavy atom. The molecule has 7 nitrogen and oxygen atoms in total. The molecule has 0 saturated heterocycles. The van der Waals surface area contributed by atoms with Crippen molar-refractivity contribution in [3.05, 3.63) is 87.7 Å². The summed E-state index contributed by atoms with van der Waals surface area (Å²) >= 11 is 0. The van der Waals surface area contributed by atoms with Crippen LogP contribution in [0.2, 0.25) is 0 Å². The molecule has 3 aromatic rings. The van der Waals surface area contributed by atoms with Crippen LogP contribution in [0.15, 0.2) is 65.8 Å². The van der Waals surface area contributed by atoms with Crippen LogP contribution in [0.3, 0.4) is 0 Å². The predicted molar refractivity (Wildman–Crippen MR) is 110 cm³/mol. The summed E-state index contributed by atoms with van der Waals surface area (Å²) in [5.41, 5.74) is 3.18. The minimum absolute atomic E-state index is 0.00363. The maximum absolute atomic E-state index is 13.3. The van der Waals surface area contributed by atoms with E-state index in [0.717, 1.165) is 5.56 Å². The molecule has 0 atom stereocenters. The second-order valence-electron chi connectivity index (χ2n) is 6.45. The third-order valence-electron chi connectivity index (χ3n) is 4.44. The van der Waals surface area contributed by atoms with E-state index in [4.69, 9.17) is 9.57 Å². The standard InChI is InChI=1S/C22H19FN2O5/c1-14(24-30-13-15-3-9-18(10-4-15)25(27)28)19-11-21(26)22(29-2)12-20(19)16-5-7-17(23)8-6-16/h3-12,26H,13H2,1-2H3/b24-14+. The molecule has 0 fully saturated rings. The van der Waals surface area contributed by atoms with Gasteiger partial charge in [0.1, 0.15) is 12.4 Å². The number of aromatic hydroxyl groups is 1. The van der Waals surface area contributed by atoms with Gasteiger partial charge in [-0.2, -0.15) is 0 Å². The molecular weight excluding hydrogens is 391 g/mol. The molecule has 0 saturated carbocycles. The Labute approximate surface area is 172 Å². The van der Waals surface area contributed by atoms with E-state index >= 15 is 0 Å². The molecule has 0 aromatic heterocycles. The molecule has 0 unspecified atom stereocenters. The lowest BCUT2D eigenvalue weighted by molar-refractivity contribution is -0.384. The fraction of sp³-hybridized carbons (Fsp3) is 0.136. The molecule has 8 heteroatoms. The minimum Gasteiger partial charge on any atom is -0.504 e. The van der Waals surface area contributed by atoms with Crippen LogP contribution in [-0.2, 0) is 11.4 Å². The molecule has 0 spiro atoms. The summed E-state index contributed by atoms with van der Waals surface area (Å²) in [4.78, 5) is 15.6. The van der Waals surface area contributed by atoms with E-state index in [2.05, 4.69) is 5.16 Å². The summed E-state index contributed by atoms with van der Waals surface area (Å²) in [6, 6.07) is 15.0. The number of nitrogens with zero attached hydrogens (tertiary/aromatic N) is 2. The Morgan fingerprint density at radius 2 is 1.80 bits per heavy atom. The second-order valence-corrected chi connectivity index (χ2v) is 6.45. The van der Waals surface area contributed by atoms with Gasteiger partial charge in [0.15, 0.2) is 11.5 Å². The summed E-state index contributed by atoms with van der Waals surface area (Å²) in [7, 11) is 1.44. The topological polar surface area (TPSA) is 94.2 Å². The zero-order chi connectivity index (χ0) is 21.7. The Hall–Kier alpha value is -3.94. The Bertz CT molecular complexity index is 1080. The quantitative estimate of drug-likeness (QED) is 0.334. The number of halogens is 1. The fourth-order valence-corrected chi connectivity index (χ4v) is 2.87. The first-order valence-corrected chi connectivity index (χ1v) is 8.96. The van der Waals surface area contributed by atoms with Gasteiger partial charge in [-0.05, 0) is 60.0 Å². The maximum Gasteiger partial charge on any atom is 0.269 e. The van der Waals surface area contributed by atoms with Gasteiger partial charge in [0.25, 0.3) is 5.69 Å². The van der Waals surface area contributed by atoms with Gasteiger partial charge in [-0.15, -0.1) is 0 Å². The second kappa shape index (κ2) is 9.04. The number of hydrogen-bond donors (Lipinski definition) is 1. The third-order valence-corrected chi connectivity index (χ3v) is 4.44. The molecule has 3 rings (SSSR count). The molecule has 3 aromatic carbocycles. The smallest absolute Gasteiger partial charge is 0.269 e. The highest BCUT2D eigenvalue weighted by Gasteiger charge is 2.14. The third kappa shape index (κ3) is 4.72. The average molecular weight is 410 g/mol. The van der Waals surface area contributed by atoms with Crippen LogP contribution >= 0.6 is 0 Å². The molecule has 0 aliphatic carbocycles. The van der Waals surface area contributed by atoms with E-state index in [1.165, 1.54) is 37.4 Å². The van der Waals surface area contributed by atoms with Gasteiger partial charge in [0, 0.05) is 17.7 Å². The Morgan fingerprint density at radius 3 is 2.40 bits per heavy atom. The lowest BCUT2D eigenvalue weighted by Crippen LogP contribution is -2.01. The fourth-order valence-electron chi connectivity index (χ4n) is 2.87.